The number of oxime groups is 1. The largest absolute Gasteiger partial charge is 0.476 e. The fourth-order valence-corrected chi connectivity index (χ4v) is 10.6. The maximum Gasteiger partial charge on any atom is 0.373 e. The number of hydrogen-bond donors (Lipinski definition) is 4. The van der Waals surface area contributed by atoms with Crippen LogP contribution in [0.25, 0.3) is 65.8 Å². The second-order valence-electron chi connectivity index (χ2n) is 25.0. The summed E-state index contributed by atoms with van der Waals surface area (Å²) in [6.45, 7) is 28.8. The van der Waals surface area contributed by atoms with Crippen molar-refractivity contribution in [1.82, 2.24) is 30.9 Å². The van der Waals surface area contributed by atoms with Gasteiger partial charge in [0.25, 0.3) is 0 Å². The van der Waals surface area contributed by atoms with Crippen LogP contribution in [0, 0.1) is 90.0 Å². The number of carbonyl (C=O) groups excluding carboxylic acids is 5. The average molecular weight is 1510 g/mol. The lowest BCUT2D eigenvalue weighted by molar-refractivity contribution is -0.182. The van der Waals surface area contributed by atoms with E-state index in [1.165, 1.54) is 16.7 Å². The highest BCUT2D eigenvalue weighted by Crippen LogP contribution is 2.25. The van der Waals surface area contributed by atoms with Gasteiger partial charge in [-0.1, -0.05) is 167 Å². The van der Waals surface area contributed by atoms with Crippen LogP contribution in [0.3, 0.4) is 0 Å². The first-order valence-corrected chi connectivity index (χ1v) is 33.2. The number of nitrogens with zero attached hydrogens (tertiary/aromatic N) is 7. The van der Waals surface area contributed by atoms with Gasteiger partial charge >= 0.3 is 11.9 Å². The molecule has 0 aliphatic rings. The molecule has 0 aliphatic carbocycles. The van der Waals surface area contributed by atoms with E-state index in [0.29, 0.717) is 80.6 Å². The number of fused-ring (bicyclic) bond motifs is 6. The number of Topliss-reactive ketones (excluding diaryl/α,β-unsaturated/α-hetero) is 1. The minimum Gasteiger partial charge on any atom is -0.476 e. The molecule has 0 spiro atoms. The number of aromatic nitrogens is 6. The van der Waals surface area contributed by atoms with Crippen LogP contribution in [0.15, 0.2) is 196 Å². The molecule has 15 rings (SSSR count). The topological polar surface area (TPSA) is 361 Å². The van der Waals surface area contributed by atoms with Crippen LogP contribution in [-0.4, -0.2) is 93.9 Å². The Labute approximate surface area is 644 Å². The second-order valence-corrected chi connectivity index (χ2v) is 25.0. The summed E-state index contributed by atoms with van der Waals surface area (Å²) in [4.78, 5) is 67.4. The van der Waals surface area contributed by atoms with Crippen molar-refractivity contribution in [3.63, 3.8) is 0 Å². The predicted octanol–water partition coefficient (Wildman–Crippen LogP) is 21.2. The summed E-state index contributed by atoms with van der Waals surface area (Å²) in [5.41, 5.74) is 22.8. The fourth-order valence-electron chi connectivity index (χ4n) is 10.6. The first-order chi connectivity index (χ1) is 51.1. The monoisotopic (exact) mass is 1510 g/mol. The number of hydrogen-bond acceptors (Lipinski definition) is 23. The van der Waals surface area contributed by atoms with E-state index in [1.54, 1.807) is 45.0 Å². The third-order valence-corrected chi connectivity index (χ3v) is 16.2. The SMILES string of the molecule is C.C.C.C.C/C(=N\O)c1ccc(C)cc1C.CC(=O)c1ccc(C)cc1C.Cc1ccc(C(=O)OO)c(C)c1.Cc1ccc2c(C(=O)O)noc2c1.Cc1ccc2c(C)noc2c1.Cc1ccc2c(C=O)noc2c1.Cc1ccc2c(C=O)noc2c1.Cc1ccc2c(C=O)noc2c1.Cc1ccc2c(CO)noc2c1. The van der Waals surface area contributed by atoms with E-state index in [9.17, 15) is 28.8 Å². The van der Waals surface area contributed by atoms with Gasteiger partial charge in [-0.25, -0.2) is 9.59 Å². The highest BCUT2D eigenvalue weighted by atomic mass is 17.1. The molecule has 15 aromatic rings. The summed E-state index contributed by atoms with van der Waals surface area (Å²) in [6, 6.07) is 51.2. The predicted molar refractivity (Wildman–Crippen MR) is 433 cm³/mol. The van der Waals surface area contributed by atoms with Crippen molar-refractivity contribution in [2.24, 2.45) is 5.16 Å². The summed E-state index contributed by atoms with van der Waals surface area (Å²) in [7, 11) is 0. The van der Waals surface area contributed by atoms with Crippen LogP contribution in [0.1, 0.15) is 190 Å². The van der Waals surface area contributed by atoms with Crippen molar-refractivity contribution in [3.8, 4) is 0 Å². The number of carbonyl (C=O) groups is 6. The van der Waals surface area contributed by atoms with E-state index < -0.39 is 11.9 Å². The molecule has 0 amide bonds. The number of aromatic carboxylic acids is 1. The zero-order valence-electron chi connectivity index (χ0n) is 61.8. The molecule has 582 valence electrons. The van der Waals surface area contributed by atoms with Gasteiger partial charge in [0.1, 0.15) is 5.69 Å². The summed E-state index contributed by atoms with van der Waals surface area (Å²) < 4.78 is 29.8. The number of benzene rings is 9. The van der Waals surface area contributed by atoms with Gasteiger partial charge in [0.2, 0.25) is 0 Å². The van der Waals surface area contributed by atoms with Gasteiger partial charge < -0.3 is 42.6 Å². The molecule has 6 aromatic heterocycles. The zero-order chi connectivity index (χ0) is 78.2. The maximum atomic E-state index is 11.0. The van der Waals surface area contributed by atoms with Crippen LogP contribution in [0.5, 0.6) is 0 Å². The molecule has 0 saturated heterocycles. The van der Waals surface area contributed by atoms with Gasteiger partial charge in [0.05, 0.1) is 45.1 Å². The molecule has 4 N–H and O–H groups in total. The van der Waals surface area contributed by atoms with Gasteiger partial charge in [-0.3, -0.25) is 24.1 Å². The Bertz CT molecular complexity index is 5450. The number of aliphatic hydroxyl groups is 1. The summed E-state index contributed by atoms with van der Waals surface area (Å²) in [5, 5.41) is 64.2. The number of aldehydes is 3. The molecule has 6 heterocycles. The van der Waals surface area contributed by atoms with E-state index >= 15 is 0 Å². The van der Waals surface area contributed by atoms with E-state index in [1.807, 2.05) is 210 Å². The van der Waals surface area contributed by atoms with Crippen LogP contribution < -0.4 is 0 Å². The Morgan fingerprint density at radius 3 is 1.01 bits per heavy atom. The normalized spacial score (nSPS) is 10.1. The summed E-state index contributed by atoms with van der Waals surface area (Å²) >= 11 is 0. The molecule has 111 heavy (non-hydrogen) atoms. The Hall–Kier alpha value is -13.2. The molecule has 0 saturated carbocycles. The first kappa shape index (κ1) is 92.0. The molecule has 24 heteroatoms. The van der Waals surface area contributed by atoms with Crippen LogP contribution in [0.4, 0.5) is 0 Å². The average Bonchev–Trinajstić information content (AvgIpc) is 1.64. The van der Waals surface area contributed by atoms with Crippen molar-refractivity contribution in [2.45, 2.75) is 140 Å². The second kappa shape index (κ2) is 43.6. The lowest BCUT2D eigenvalue weighted by Crippen LogP contribution is -2.03. The number of carboxylic acids is 1. The Balaban J connectivity index is 0.000000322. The number of carboxylic acid groups (broad SMARTS) is 1. The molecule has 0 aliphatic heterocycles. The third-order valence-electron chi connectivity index (χ3n) is 16.2. The van der Waals surface area contributed by atoms with Gasteiger partial charge in [-0.15, -0.1) is 0 Å². The van der Waals surface area contributed by atoms with Crippen molar-refractivity contribution >= 4 is 108 Å². The number of aliphatic hydroxyl groups excluding tert-OH is 1. The summed E-state index contributed by atoms with van der Waals surface area (Å²) in [6.07, 6.45) is 2.09. The Morgan fingerprint density at radius 2 is 0.667 bits per heavy atom. The van der Waals surface area contributed by atoms with Crippen LogP contribution >= 0.6 is 0 Å². The number of rotatable bonds is 8. The highest BCUT2D eigenvalue weighted by molar-refractivity contribution is 6.01. The van der Waals surface area contributed by atoms with Gasteiger partial charge in [-0.2, -0.15) is 5.26 Å². The standard InChI is InChI=1S/C10H13NO.C10H12O.C9H7NO3.C9H9NO2.3C9H7NO2.C9H9NO.C9H10O3.4CH4/c1-7-4-5-10(8(2)6-7)9(3)11-12;1-7-4-5-10(9(3)11)8(2)6-7;1-5-2-3-6-7(4-5)13-10-8(6)9(11)12;4*1-6-2-3-7-8(5-11)10-12-9(7)4-6;1-6-3-4-8-7(2)10-11-9(8)5-6;1-6-3-4-8(7(2)5-6)9(10)12-11;;;;/h4-6,12H,1-3H3;4-6H,1-3H3;2-4H,1H3,(H,11,12);2-4,11H,5H2,1H3;3*2-5H,1H3;3-5H,1-2H3;3-5,11H,1-2H3;4*1H4/b11-9+;;;;;;;;;;;;. The van der Waals surface area contributed by atoms with E-state index in [2.05, 4.69) is 53.1 Å². The first-order valence-electron chi connectivity index (χ1n) is 33.2. The van der Waals surface area contributed by atoms with Gasteiger partial charge in [-0.05, 0) is 233 Å². The molecule has 9 aromatic carbocycles. The quantitative estimate of drug-likeness (QED) is 0.0274. The molecule has 0 radical (unpaired) electrons. The summed E-state index contributed by atoms with van der Waals surface area (Å²) in [5.74, 6) is -1.64. The molecule has 0 atom stereocenters. The smallest absolute Gasteiger partial charge is 0.373 e. The van der Waals surface area contributed by atoms with Crippen molar-refractivity contribution in [2.75, 3.05) is 0 Å². The van der Waals surface area contributed by atoms with Gasteiger partial charge in [0, 0.05) is 21.9 Å². The minimum absolute atomic E-state index is 0. The minimum atomic E-state index is -1.07. The van der Waals surface area contributed by atoms with Gasteiger partial charge in [0.15, 0.2) is 80.9 Å². The van der Waals surface area contributed by atoms with E-state index in [4.69, 9.17) is 47.8 Å². The molecule has 0 fully saturated rings. The van der Waals surface area contributed by atoms with Crippen molar-refractivity contribution in [1.29, 1.82) is 0 Å². The van der Waals surface area contributed by atoms with Crippen molar-refractivity contribution in [3.05, 3.63) is 281 Å². The lowest BCUT2D eigenvalue weighted by atomic mass is 10.0. The zero-order valence-corrected chi connectivity index (χ0v) is 61.8. The third kappa shape index (κ3) is 25.2. The number of ketones is 1. The molecular weight excluding hydrogens is 1410 g/mol. The fraction of sp³-hybridized carbons (Fsp3) is 0.230. The maximum absolute atomic E-state index is 11.0. The lowest BCUT2D eigenvalue weighted by Gasteiger charge is -2.03. The van der Waals surface area contributed by atoms with Crippen molar-refractivity contribution < 1.29 is 81.5 Å². The molecule has 0 bridgehead atoms. The number of aryl methyl sites for hydroxylation is 13. The molecule has 0 unspecified atom stereocenters. The Kier molecular flexibility index (Phi) is 36.1. The van der Waals surface area contributed by atoms with Crippen LogP contribution in [0.2, 0.25) is 0 Å². The Morgan fingerprint density at radius 1 is 0.378 bits per heavy atom. The van der Waals surface area contributed by atoms with Crippen LogP contribution in [-0.2, 0) is 11.5 Å². The van der Waals surface area contributed by atoms with E-state index in [-0.39, 0.29) is 47.8 Å². The molecule has 24 nitrogen and oxygen atoms in total. The van der Waals surface area contributed by atoms with E-state index in [0.717, 1.165) is 105 Å². The molecular formula is C87H97N7O17. The highest BCUT2D eigenvalue weighted by Gasteiger charge is 2.15.